The Bertz CT molecular complexity index is 1080. The number of hydrogen-bond donors (Lipinski definition) is 4. The molecule has 0 aliphatic rings. The predicted octanol–water partition coefficient (Wildman–Crippen LogP) is 2.81. The first-order valence-electron chi connectivity index (χ1n) is 9.46. The third kappa shape index (κ3) is 6.33. The fourth-order valence-electron chi connectivity index (χ4n) is 2.87. The maximum Gasteiger partial charge on any atom is 0.326 e. The second-order valence-corrected chi connectivity index (χ2v) is 6.71. The number of nitrogens with zero attached hydrogens (tertiary/aromatic N) is 1. The highest BCUT2D eigenvalue weighted by Gasteiger charge is 2.21. The van der Waals surface area contributed by atoms with E-state index in [4.69, 9.17) is 16.2 Å². The first-order chi connectivity index (χ1) is 14.9. The lowest BCUT2D eigenvalue weighted by atomic mass is 10.0. The molecule has 158 valence electrons. The molecule has 3 aromatic rings. The van der Waals surface area contributed by atoms with Crippen LogP contribution < -0.4 is 21.5 Å². The molecular weight excluding hydrogens is 396 g/mol. The maximum absolute atomic E-state index is 12.5. The minimum Gasteiger partial charge on any atom is -0.480 e. The molecule has 6 N–H and O–H groups in total. The summed E-state index contributed by atoms with van der Waals surface area (Å²) in [7, 11) is 0. The molecule has 0 aliphatic heterocycles. The molecule has 1 amide bonds. The van der Waals surface area contributed by atoms with Crippen LogP contribution in [0.15, 0.2) is 83.9 Å². The number of guanidine groups is 1. The van der Waals surface area contributed by atoms with Crippen LogP contribution in [0.3, 0.4) is 0 Å². The van der Waals surface area contributed by atoms with Crippen molar-refractivity contribution in [3.05, 3.63) is 90.0 Å². The zero-order valence-electron chi connectivity index (χ0n) is 16.6. The van der Waals surface area contributed by atoms with Crippen LogP contribution >= 0.6 is 0 Å². The van der Waals surface area contributed by atoms with E-state index in [9.17, 15) is 14.7 Å². The standard InChI is InChI=1S/C23H22N4O4/c24-23(25)26-17-11-9-16(10-12-17)21(28)27-20(22(29)30)14-15-5-4-8-19(13-15)31-18-6-2-1-3-7-18/h1-13,20H,14H2,(H,27,28)(H,29,30)(H4,24,25,26). The Labute approximate surface area is 179 Å². The number of aliphatic carboxylic acids is 1. The molecule has 0 bridgehead atoms. The Morgan fingerprint density at radius 1 is 0.935 bits per heavy atom. The van der Waals surface area contributed by atoms with Crippen molar-refractivity contribution in [3.8, 4) is 11.5 Å². The lowest BCUT2D eigenvalue weighted by Crippen LogP contribution is -2.42. The van der Waals surface area contributed by atoms with Gasteiger partial charge in [0.15, 0.2) is 5.96 Å². The third-order valence-electron chi connectivity index (χ3n) is 4.31. The van der Waals surface area contributed by atoms with Crippen LogP contribution in [-0.2, 0) is 11.2 Å². The van der Waals surface area contributed by atoms with Crippen molar-refractivity contribution in [2.75, 3.05) is 0 Å². The molecule has 3 aromatic carbocycles. The Balaban J connectivity index is 1.68. The summed E-state index contributed by atoms with van der Waals surface area (Å²) in [5, 5.41) is 12.1. The molecule has 0 radical (unpaired) electrons. The first-order valence-corrected chi connectivity index (χ1v) is 9.46. The SMILES string of the molecule is NC(N)=Nc1ccc(C(=O)NC(Cc2cccc(Oc3ccccc3)c2)C(=O)O)cc1. The molecule has 3 rings (SSSR count). The number of carbonyl (C=O) groups is 2. The van der Waals surface area contributed by atoms with Gasteiger partial charge in [-0.15, -0.1) is 0 Å². The lowest BCUT2D eigenvalue weighted by molar-refractivity contribution is -0.139. The van der Waals surface area contributed by atoms with Crippen molar-refractivity contribution >= 4 is 23.5 Å². The first kappa shape index (κ1) is 21.4. The van der Waals surface area contributed by atoms with Gasteiger partial charge in [0, 0.05) is 12.0 Å². The van der Waals surface area contributed by atoms with Gasteiger partial charge in [-0.1, -0.05) is 30.3 Å². The summed E-state index contributed by atoms with van der Waals surface area (Å²) in [6.07, 6.45) is 0.0964. The van der Waals surface area contributed by atoms with Gasteiger partial charge in [0.25, 0.3) is 5.91 Å². The van der Waals surface area contributed by atoms with E-state index >= 15 is 0 Å². The predicted molar refractivity (Wildman–Crippen MR) is 117 cm³/mol. The highest BCUT2D eigenvalue weighted by molar-refractivity contribution is 5.97. The average molecular weight is 418 g/mol. The summed E-state index contributed by atoms with van der Waals surface area (Å²) in [4.78, 5) is 28.1. The number of ether oxygens (including phenoxy) is 1. The number of carboxylic acid groups (broad SMARTS) is 1. The number of nitrogens with one attached hydrogen (secondary N) is 1. The fourth-order valence-corrected chi connectivity index (χ4v) is 2.87. The summed E-state index contributed by atoms with van der Waals surface area (Å²) in [5.74, 6) is -0.497. The van der Waals surface area contributed by atoms with E-state index in [1.54, 1.807) is 36.4 Å². The van der Waals surface area contributed by atoms with Gasteiger partial charge >= 0.3 is 5.97 Å². The number of benzene rings is 3. The van der Waals surface area contributed by atoms with E-state index in [0.717, 1.165) is 0 Å². The van der Waals surface area contributed by atoms with Gasteiger partial charge in [0.05, 0.1) is 5.69 Å². The van der Waals surface area contributed by atoms with Crippen molar-refractivity contribution < 1.29 is 19.4 Å². The van der Waals surface area contributed by atoms with Gasteiger partial charge in [-0.2, -0.15) is 0 Å². The van der Waals surface area contributed by atoms with Crippen molar-refractivity contribution in [1.82, 2.24) is 5.32 Å². The molecule has 8 heteroatoms. The quantitative estimate of drug-likeness (QED) is 0.328. The maximum atomic E-state index is 12.5. The normalized spacial score (nSPS) is 11.2. The summed E-state index contributed by atoms with van der Waals surface area (Å²) in [6.45, 7) is 0. The largest absolute Gasteiger partial charge is 0.480 e. The van der Waals surface area contributed by atoms with E-state index in [0.29, 0.717) is 28.3 Å². The van der Waals surface area contributed by atoms with Crippen molar-refractivity contribution in [1.29, 1.82) is 0 Å². The number of amides is 1. The molecule has 0 heterocycles. The molecule has 1 atom stereocenters. The highest BCUT2D eigenvalue weighted by atomic mass is 16.5. The van der Waals surface area contributed by atoms with Gasteiger partial charge in [-0.25, -0.2) is 9.79 Å². The Morgan fingerprint density at radius 3 is 2.26 bits per heavy atom. The summed E-state index contributed by atoms with van der Waals surface area (Å²) >= 11 is 0. The Morgan fingerprint density at radius 2 is 1.61 bits per heavy atom. The average Bonchev–Trinajstić information content (AvgIpc) is 2.74. The van der Waals surface area contributed by atoms with Crippen LogP contribution in [0.2, 0.25) is 0 Å². The van der Waals surface area contributed by atoms with Gasteiger partial charge in [-0.05, 0) is 54.1 Å². The topological polar surface area (TPSA) is 140 Å². The molecule has 0 saturated heterocycles. The zero-order chi connectivity index (χ0) is 22.2. The molecule has 0 saturated carbocycles. The van der Waals surface area contributed by atoms with Gasteiger partial charge in [-0.3, -0.25) is 4.79 Å². The number of aliphatic imine (C=N–C) groups is 1. The number of carboxylic acids is 1. The van der Waals surface area contributed by atoms with E-state index in [1.807, 2.05) is 30.3 Å². The van der Waals surface area contributed by atoms with Crippen LogP contribution in [0.1, 0.15) is 15.9 Å². The summed E-state index contributed by atoms with van der Waals surface area (Å²) in [6, 6.07) is 21.4. The van der Waals surface area contributed by atoms with Gasteiger partial charge < -0.3 is 26.6 Å². The number of hydrogen-bond acceptors (Lipinski definition) is 4. The molecule has 31 heavy (non-hydrogen) atoms. The zero-order valence-corrected chi connectivity index (χ0v) is 16.6. The van der Waals surface area contributed by atoms with E-state index in [2.05, 4.69) is 10.3 Å². The molecule has 0 spiro atoms. The number of nitrogens with two attached hydrogens (primary N) is 2. The number of carbonyl (C=O) groups excluding carboxylic acids is 1. The second-order valence-electron chi connectivity index (χ2n) is 6.71. The molecule has 0 aliphatic carbocycles. The molecule has 0 aromatic heterocycles. The van der Waals surface area contributed by atoms with Crippen LogP contribution in [0.5, 0.6) is 11.5 Å². The number of para-hydroxylation sites is 1. The lowest BCUT2D eigenvalue weighted by Gasteiger charge is -2.15. The summed E-state index contributed by atoms with van der Waals surface area (Å²) in [5.41, 5.74) is 12.1. The van der Waals surface area contributed by atoms with Crippen molar-refractivity contribution in [2.24, 2.45) is 16.5 Å². The number of rotatable bonds is 8. The Hall–Kier alpha value is -4.33. The van der Waals surface area contributed by atoms with Crippen LogP contribution in [0.4, 0.5) is 5.69 Å². The third-order valence-corrected chi connectivity index (χ3v) is 4.31. The van der Waals surface area contributed by atoms with Crippen molar-refractivity contribution in [2.45, 2.75) is 12.5 Å². The second kappa shape index (κ2) is 9.93. The highest BCUT2D eigenvalue weighted by Crippen LogP contribution is 2.22. The molecular formula is C23H22N4O4. The van der Waals surface area contributed by atoms with Crippen LogP contribution in [0.25, 0.3) is 0 Å². The van der Waals surface area contributed by atoms with E-state index in [-0.39, 0.29) is 12.4 Å². The van der Waals surface area contributed by atoms with Crippen LogP contribution in [0, 0.1) is 0 Å². The van der Waals surface area contributed by atoms with Crippen molar-refractivity contribution in [3.63, 3.8) is 0 Å². The van der Waals surface area contributed by atoms with E-state index in [1.165, 1.54) is 12.1 Å². The summed E-state index contributed by atoms with van der Waals surface area (Å²) < 4.78 is 5.79. The monoisotopic (exact) mass is 418 g/mol. The molecule has 1 unspecified atom stereocenters. The van der Waals surface area contributed by atoms with Gasteiger partial charge in [0.2, 0.25) is 0 Å². The van der Waals surface area contributed by atoms with Gasteiger partial charge in [0.1, 0.15) is 17.5 Å². The smallest absolute Gasteiger partial charge is 0.326 e. The molecule has 8 nitrogen and oxygen atoms in total. The minimum atomic E-state index is -1.14. The molecule has 0 fully saturated rings. The van der Waals surface area contributed by atoms with E-state index < -0.39 is 17.9 Å². The van der Waals surface area contributed by atoms with Crippen LogP contribution in [-0.4, -0.2) is 29.0 Å². The fraction of sp³-hybridized carbons (Fsp3) is 0.0870. The Kier molecular flexibility index (Phi) is 6.85. The minimum absolute atomic E-state index is 0.0957.